The predicted molar refractivity (Wildman–Crippen MR) is 40.4 cm³/mol. The highest BCUT2D eigenvalue weighted by atomic mass is 16.3. The van der Waals surface area contributed by atoms with Crippen LogP contribution in [-0.4, -0.2) is 15.1 Å². The molecular formula is C7H8N2O2. The minimum Gasteiger partial charge on any atom is -0.493 e. The number of hydrogen-bond donors (Lipinski definition) is 2. The molecule has 0 aliphatic heterocycles. The maximum Gasteiger partial charge on any atom is 0.254 e. The minimum absolute atomic E-state index is 0.259. The Bertz CT molecular complexity index is 316. The maximum absolute atomic E-state index is 10.7. The van der Waals surface area contributed by atoms with Crippen molar-refractivity contribution in [1.29, 1.82) is 0 Å². The van der Waals surface area contributed by atoms with Crippen LogP contribution in [0.3, 0.4) is 0 Å². The van der Waals surface area contributed by atoms with Crippen LogP contribution in [0.5, 0.6) is 5.88 Å². The number of aromatic nitrogens is 2. The highest BCUT2D eigenvalue weighted by molar-refractivity contribution is 5.07. The molecule has 0 aliphatic carbocycles. The van der Waals surface area contributed by atoms with E-state index in [0.29, 0.717) is 12.2 Å². The first-order valence-corrected chi connectivity index (χ1v) is 3.12. The van der Waals surface area contributed by atoms with Crippen molar-refractivity contribution in [2.24, 2.45) is 0 Å². The second-order valence-corrected chi connectivity index (χ2v) is 2.04. The molecule has 1 aromatic rings. The van der Waals surface area contributed by atoms with Gasteiger partial charge in [0.15, 0.2) is 0 Å². The van der Waals surface area contributed by atoms with E-state index in [4.69, 9.17) is 5.11 Å². The van der Waals surface area contributed by atoms with E-state index >= 15 is 0 Å². The molecule has 0 aromatic carbocycles. The van der Waals surface area contributed by atoms with Crippen LogP contribution in [0.4, 0.5) is 0 Å². The lowest BCUT2D eigenvalue weighted by Gasteiger charge is -1.94. The molecule has 0 fully saturated rings. The number of nitrogens with zero attached hydrogens (tertiary/aromatic N) is 1. The third-order valence-electron chi connectivity index (χ3n) is 1.11. The van der Waals surface area contributed by atoms with Crippen molar-refractivity contribution >= 4 is 0 Å². The molecular weight excluding hydrogens is 144 g/mol. The fraction of sp³-hybridized carbons (Fsp3) is 0.143. The molecule has 4 heteroatoms. The van der Waals surface area contributed by atoms with E-state index in [2.05, 4.69) is 16.5 Å². The summed E-state index contributed by atoms with van der Waals surface area (Å²) < 4.78 is 0. The molecule has 2 N–H and O–H groups in total. The quantitative estimate of drug-likeness (QED) is 0.595. The van der Waals surface area contributed by atoms with Crippen LogP contribution in [0, 0.1) is 0 Å². The van der Waals surface area contributed by atoms with Crippen molar-refractivity contribution in [3.8, 4) is 5.88 Å². The highest BCUT2D eigenvalue weighted by Gasteiger charge is 1.95. The molecule has 0 atom stereocenters. The van der Waals surface area contributed by atoms with Crippen molar-refractivity contribution in [1.82, 2.24) is 9.97 Å². The summed E-state index contributed by atoms with van der Waals surface area (Å²) in [6.45, 7) is 3.47. The Kier molecular flexibility index (Phi) is 2.06. The lowest BCUT2D eigenvalue weighted by Crippen LogP contribution is -2.08. The van der Waals surface area contributed by atoms with Gasteiger partial charge in [-0.1, -0.05) is 6.08 Å². The number of hydrogen-bond acceptors (Lipinski definition) is 3. The maximum atomic E-state index is 10.7. The fourth-order valence-electron chi connectivity index (χ4n) is 0.727. The van der Waals surface area contributed by atoms with Gasteiger partial charge in [-0.3, -0.25) is 4.79 Å². The van der Waals surface area contributed by atoms with Crippen LogP contribution < -0.4 is 5.56 Å². The Balaban J connectivity index is 3.08. The SMILES string of the molecule is C=CCc1nc(O)cc(=O)[nH]1. The number of aromatic amines is 1. The largest absolute Gasteiger partial charge is 0.493 e. The van der Waals surface area contributed by atoms with E-state index in [1.54, 1.807) is 6.08 Å². The molecule has 58 valence electrons. The molecule has 0 saturated heterocycles. The highest BCUT2D eigenvalue weighted by Crippen LogP contribution is 1.98. The summed E-state index contributed by atoms with van der Waals surface area (Å²) in [5.74, 6) is 0.163. The van der Waals surface area contributed by atoms with E-state index in [1.807, 2.05) is 0 Å². The number of H-pyrrole nitrogens is 1. The smallest absolute Gasteiger partial charge is 0.254 e. The lowest BCUT2D eigenvalue weighted by molar-refractivity contribution is 0.448. The lowest BCUT2D eigenvalue weighted by atomic mass is 10.4. The van der Waals surface area contributed by atoms with Crippen LogP contribution in [0.2, 0.25) is 0 Å². The van der Waals surface area contributed by atoms with Crippen LogP contribution >= 0.6 is 0 Å². The summed E-state index contributed by atoms with van der Waals surface area (Å²) in [7, 11) is 0. The first-order chi connectivity index (χ1) is 5.22. The van der Waals surface area contributed by atoms with Crippen LogP contribution in [-0.2, 0) is 6.42 Å². The molecule has 0 saturated carbocycles. The normalized spacial score (nSPS) is 9.45. The average Bonchev–Trinajstić information content (AvgIpc) is 1.85. The summed E-state index contributed by atoms with van der Waals surface area (Å²) >= 11 is 0. The van der Waals surface area contributed by atoms with Gasteiger partial charge in [-0.15, -0.1) is 6.58 Å². The topological polar surface area (TPSA) is 66.0 Å². The van der Waals surface area contributed by atoms with E-state index < -0.39 is 0 Å². The molecule has 4 nitrogen and oxygen atoms in total. The third kappa shape index (κ3) is 1.93. The number of aromatic hydroxyl groups is 1. The third-order valence-corrected chi connectivity index (χ3v) is 1.11. The first-order valence-electron chi connectivity index (χ1n) is 3.12. The van der Waals surface area contributed by atoms with E-state index in [9.17, 15) is 4.79 Å². The van der Waals surface area contributed by atoms with Gasteiger partial charge in [-0.25, -0.2) is 0 Å². The molecule has 0 aliphatic rings. The van der Waals surface area contributed by atoms with E-state index in [1.165, 1.54) is 0 Å². The molecule has 0 bridgehead atoms. The Morgan fingerprint density at radius 2 is 2.55 bits per heavy atom. The first kappa shape index (κ1) is 7.53. The van der Waals surface area contributed by atoms with Crippen molar-refractivity contribution in [2.45, 2.75) is 6.42 Å². The molecule has 1 aromatic heterocycles. The molecule has 0 unspecified atom stereocenters. The zero-order valence-corrected chi connectivity index (χ0v) is 5.87. The number of nitrogens with one attached hydrogen (secondary N) is 1. The summed E-state index contributed by atoms with van der Waals surface area (Å²) in [4.78, 5) is 16.8. The number of rotatable bonds is 2. The van der Waals surface area contributed by atoms with Crippen molar-refractivity contribution in [2.75, 3.05) is 0 Å². The van der Waals surface area contributed by atoms with Crippen LogP contribution in [0.15, 0.2) is 23.5 Å². The van der Waals surface area contributed by atoms with Gasteiger partial charge in [0, 0.05) is 6.42 Å². The molecule has 1 rings (SSSR count). The Morgan fingerprint density at radius 1 is 1.82 bits per heavy atom. The predicted octanol–water partition coefficient (Wildman–Crippen LogP) is 0.204. The van der Waals surface area contributed by atoms with E-state index in [0.717, 1.165) is 6.07 Å². The van der Waals surface area contributed by atoms with E-state index in [-0.39, 0.29) is 11.4 Å². The molecule has 0 amide bonds. The summed E-state index contributed by atoms with van der Waals surface area (Å²) in [6, 6.07) is 1.02. The minimum atomic E-state index is -0.352. The van der Waals surface area contributed by atoms with Gasteiger partial charge in [0.2, 0.25) is 5.88 Å². The Labute approximate surface area is 63.2 Å². The fourth-order valence-corrected chi connectivity index (χ4v) is 0.727. The van der Waals surface area contributed by atoms with Crippen molar-refractivity contribution < 1.29 is 5.11 Å². The van der Waals surface area contributed by atoms with Gasteiger partial charge in [-0.2, -0.15) is 4.98 Å². The van der Waals surface area contributed by atoms with Gasteiger partial charge in [-0.05, 0) is 0 Å². The monoisotopic (exact) mass is 152 g/mol. The van der Waals surface area contributed by atoms with Gasteiger partial charge in [0.05, 0.1) is 6.07 Å². The van der Waals surface area contributed by atoms with Gasteiger partial charge < -0.3 is 10.1 Å². The summed E-state index contributed by atoms with van der Waals surface area (Å²) in [6.07, 6.45) is 2.04. The van der Waals surface area contributed by atoms with Gasteiger partial charge in [0.25, 0.3) is 5.56 Å². The molecule has 1 heterocycles. The average molecular weight is 152 g/mol. The Hall–Kier alpha value is -1.58. The second-order valence-electron chi connectivity index (χ2n) is 2.04. The van der Waals surface area contributed by atoms with Gasteiger partial charge in [0.1, 0.15) is 5.82 Å². The Morgan fingerprint density at radius 3 is 3.09 bits per heavy atom. The standard InChI is InChI=1S/C7H8N2O2/c1-2-3-5-8-6(10)4-7(11)9-5/h2,4H,1,3H2,(H2,8,9,10,11). The summed E-state index contributed by atoms with van der Waals surface area (Å²) in [5, 5.41) is 8.86. The zero-order chi connectivity index (χ0) is 8.27. The van der Waals surface area contributed by atoms with Crippen LogP contribution in [0.1, 0.15) is 5.82 Å². The second kappa shape index (κ2) is 3.01. The zero-order valence-electron chi connectivity index (χ0n) is 5.87. The summed E-state index contributed by atoms with van der Waals surface area (Å²) in [5.41, 5.74) is -0.352. The molecule has 11 heavy (non-hydrogen) atoms. The molecule has 0 radical (unpaired) electrons. The van der Waals surface area contributed by atoms with Gasteiger partial charge >= 0.3 is 0 Å². The van der Waals surface area contributed by atoms with Crippen molar-refractivity contribution in [3.05, 3.63) is 34.9 Å². The molecule has 0 spiro atoms. The van der Waals surface area contributed by atoms with Crippen LogP contribution in [0.25, 0.3) is 0 Å². The van der Waals surface area contributed by atoms with Crippen molar-refractivity contribution in [3.63, 3.8) is 0 Å². The number of allylic oxidation sites excluding steroid dienone is 1.